The Morgan fingerprint density at radius 2 is 1.82 bits per heavy atom. The molecule has 0 radical (unpaired) electrons. The highest BCUT2D eigenvalue weighted by atomic mass is 35.5. The van der Waals surface area contributed by atoms with E-state index in [1.807, 2.05) is 0 Å². The van der Waals surface area contributed by atoms with Gasteiger partial charge in [0.25, 0.3) is 10.0 Å². The smallest absolute Gasteiger partial charge is 0.380 e. The predicted octanol–water partition coefficient (Wildman–Crippen LogP) is 4.50. The third-order valence-electron chi connectivity index (χ3n) is 5.50. The fourth-order valence-corrected chi connectivity index (χ4v) is 5.61. The number of nitrogens with zero attached hydrogens (tertiary/aromatic N) is 3. The molecule has 4 rings (SSSR count). The van der Waals surface area contributed by atoms with Gasteiger partial charge in [0.05, 0.1) is 16.9 Å². The Kier molecular flexibility index (Phi) is 6.14. The summed E-state index contributed by atoms with van der Waals surface area (Å²) >= 11 is 5.84. The molecule has 1 aliphatic heterocycles. The van der Waals surface area contributed by atoms with Gasteiger partial charge in [0.2, 0.25) is 0 Å². The van der Waals surface area contributed by atoms with Gasteiger partial charge >= 0.3 is 6.18 Å². The number of benzene rings is 2. The fraction of sp³-hybridized carbons (Fsp3) is 0.286. The first-order valence-electron chi connectivity index (χ1n) is 9.82. The van der Waals surface area contributed by atoms with Crippen LogP contribution in [-0.4, -0.2) is 41.4 Å². The molecule has 1 fully saturated rings. The lowest BCUT2D eigenvalue weighted by Gasteiger charge is -2.22. The van der Waals surface area contributed by atoms with Gasteiger partial charge in [-0.15, -0.1) is 0 Å². The number of rotatable bonds is 5. The Morgan fingerprint density at radius 3 is 2.39 bits per heavy atom. The van der Waals surface area contributed by atoms with E-state index >= 15 is 0 Å². The van der Waals surface area contributed by atoms with Crippen LogP contribution < -0.4 is 5.32 Å². The molecule has 0 saturated carbocycles. The van der Waals surface area contributed by atoms with Gasteiger partial charge in [-0.2, -0.15) is 17.5 Å². The predicted molar refractivity (Wildman–Crippen MR) is 115 cm³/mol. The zero-order valence-corrected chi connectivity index (χ0v) is 18.8. The van der Waals surface area contributed by atoms with E-state index in [2.05, 4.69) is 10.3 Å². The van der Waals surface area contributed by atoms with Crippen LogP contribution >= 0.6 is 11.6 Å². The van der Waals surface area contributed by atoms with Crippen molar-refractivity contribution in [3.63, 3.8) is 0 Å². The van der Waals surface area contributed by atoms with Crippen LogP contribution in [0.25, 0.3) is 0 Å². The minimum atomic E-state index is -4.59. The molecular weight excluding hydrogens is 484 g/mol. The van der Waals surface area contributed by atoms with Crippen molar-refractivity contribution in [3.8, 4) is 0 Å². The normalized spacial score (nSPS) is 19.7. The third kappa shape index (κ3) is 4.85. The highest BCUT2D eigenvalue weighted by Gasteiger charge is 2.41. The minimum Gasteiger partial charge on any atom is -0.380 e. The summed E-state index contributed by atoms with van der Waals surface area (Å²) < 4.78 is 81.5. The lowest BCUT2D eigenvalue weighted by Crippen LogP contribution is -2.32. The van der Waals surface area contributed by atoms with Crippen LogP contribution in [-0.2, 0) is 23.2 Å². The summed E-state index contributed by atoms with van der Waals surface area (Å²) in [7, 11) is -2.27. The summed E-state index contributed by atoms with van der Waals surface area (Å²) in [6.45, 7) is 0.107. The minimum absolute atomic E-state index is 0.0274. The summed E-state index contributed by atoms with van der Waals surface area (Å²) in [5.74, 6) is -0.834. The van der Waals surface area contributed by atoms with Crippen LogP contribution in [0.2, 0.25) is 5.02 Å². The molecule has 1 aliphatic rings. The number of hydrogen-bond acceptors (Lipinski definition) is 4. The molecule has 6 nitrogen and oxygen atoms in total. The standard InChI is InChI=1S/C21H19ClF4N4O2S/c1-29-11-20(27-12-29)33(31,32)30-9-16(13-2-4-14(23)5-3-13)19(10-30)28-15-6-7-17(18(22)8-15)21(24,25)26/h2-8,11-12,16,19,28H,9-10H2,1H3/t16-,19+/m0/s1. The van der Waals surface area contributed by atoms with E-state index in [0.29, 0.717) is 11.3 Å². The molecule has 2 aromatic carbocycles. The van der Waals surface area contributed by atoms with Crippen LogP contribution in [0.4, 0.5) is 23.2 Å². The second kappa shape index (κ2) is 8.62. The van der Waals surface area contributed by atoms with Crippen LogP contribution in [0.5, 0.6) is 0 Å². The lowest BCUT2D eigenvalue weighted by atomic mass is 9.94. The average molecular weight is 503 g/mol. The zero-order valence-electron chi connectivity index (χ0n) is 17.2. The molecule has 1 saturated heterocycles. The third-order valence-corrected chi connectivity index (χ3v) is 7.53. The second-order valence-electron chi connectivity index (χ2n) is 7.80. The van der Waals surface area contributed by atoms with Crippen molar-refractivity contribution in [2.75, 3.05) is 18.4 Å². The van der Waals surface area contributed by atoms with E-state index in [9.17, 15) is 26.0 Å². The van der Waals surface area contributed by atoms with Gasteiger partial charge in [-0.1, -0.05) is 23.7 Å². The topological polar surface area (TPSA) is 67.2 Å². The van der Waals surface area contributed by atoms with E-state index < -0.39 is 44.6 Å². The molecule has 0 aliphatic carbocycles. The SMILES string of the molecule is Cn1cnc(S(=O)(=O)N2C[C@@H](Nc3ccc(C(F)(F)F)c(Cl)c3)[C@H](c3ccc(F)cc3)C2)c1. The van der Waals surface area contributed by atoms with Crippen molar-refractivity contribution in [2.45, 2.75) is 23.2 Å². The molecule has 33 heavy (non-hydrogen) atoms. The van der Waals surface area contributed by atoms with Crippen LogP contribution in [0.1, 0.15) is 17.0 Å². The van der Waals surface area contributed by atoms with Gasteiger partial charge in [-0.25, -0.2) is 17.8 Å². The summed E-state index contributed by atoms with van der Waals surface area (Å²) in [6, 6.07) is 8.43. The number of sulfonamides is 1. The van der Waals surface area contributed by atoms with Crippen LogP contribution in [0, 0.1) is 5.82 Å². The molecule has 3 aromatic rings. The van der Waals surface area contributed by atoms with Gasteiger partial charge in [-0.05, 0) is 35.9 Å². The second-order valence-corrected chi connectivity index (χ2v) is 10.1. The summed E-state index contributed by atoms with van der Waals surface area (Å²) in [5, 5.41) is 2.52. The van der Waals surface area contributed by atoms with Crippen molar-refractivity contribution in [3.05, 3.63) is 77.0 Å². The van der Waals surface area contributed by atoms with E-state index in [4.69, 9.17) is 11.6 Å². The maximum atomic E-state index is 13.4. The van der Waals surface area contributed by atoms with Crippen molar-refractivity contribution >= 4 is 27.3 Å². The van der Waals surface area contributed by atoms with E-state index in [1.165, 1.54) is 39.6 Å². The first-order valence-corrected chi connectivity index (χ1v) is 11.6. The first-order chi connectivity index (χ1) is 15.4. The number of anilines is 1. The highest BCUT2D eigenvalue weighted by molar-refractivity contribution is 7.89. The Hall–Kier alpha value is -2.63. The van der Waals surface area contributed by atoms with Crippen molar-refractivity contribution in [2.24, 2.45) is 7.05 Å². The molecule has 0 bridgehead atoms. The Labute approximate surface area is 192 Å². The molecule has 0 spiro atoms. The Bertz CT molecular complexity index is 1260. The number of imidazole rings is 1. The molecule has 2 atom stereocenters. The number of hydrogen-bond donors (Lipinski definition) is 1. The van der Waals surface area contributed by atoms with Crippen molar-refractivity contribution < 1.29 is 26.0 Å². The van der Waals surface area contributed by atoms with Gasteiger partial charge in [0, 0.05) is 44.0 Å². The summed E-state index contributed by atoms with van der Waals surface area (Å²) in [6.07, 6.45) is -1.83. The molecule has 0 unspecified atom stereocenters. The quantitative estimate of drug-likeness (QED) is 0.522. The number of halogens is 5. The molecule has 1 N–H and O–H groups in total. The average Bonchev–Trinajstić information content (AvgIpc) is 3.35. The van der Waals surface area contributed by atoms with Gasteiger partial charge in [0.1, 0.15) is 5.82 Å². The Balaban J connectivity index is 1.65. The molecule has 176 valence electrons. The van der Waals surface area contributed by atoms with Gasteiger partial charge in [0.15, 0.2) is 5.03 Å². The van der Waals surface area contributed by atoms with E-state index in [1.54, 1.807) is 19.2 Å². The highest BCUT2D eigenvalue weighted by Crippen LogP contribution is 2.37. The van der Waals surface area contributed by atoms with Gasteiger partial charge < -0.3 is 9.88 Å². The Morgan fingerprint density at radius 1 is 1.12 bits per heavy atom. The maximum Gasteiger partial charge on any atom is 0.417 e. The van der Waals surface area contributed by atoms with Gasteiger partial charge in [-0.3, -0.25) is 0 Å². The molecule has 0 amide bonds. The lowest BCUT2D eigenvalue weighted by molar-refractivity contribution is -0.137. The summed E-state index contributed by atoms with van der Waals surface area (Å²) in [5.41, 5.74) is 0.0309. The number of alkyl halides is 3. The number of aromatic nitrogens is 2. The monoisotopic (exact) mass is 502 g/mol. The first kappa shape index (κ1) is 23.5. The largest absolute Gasteiger partial charge is 0.417 e. The zero-order chi connectivity index (χ0) is 24.0. The molecule has 1 aromatic heterocycles. The molecule has 12 heteroatoms. The van der Waals surface area contributed by atoms with Crippen LogP contribution in [0.3, 0.4) is 0 Å². The number of nitrogens with one attached hydrogen (secondary N) is 1. The molecule has 2 heterocycles. The maximum absolute atomic E-state index is 13.4. The van der Waals surface area contributed by atoms with E-state index in [-0.39, 0.29) is 18.1 Å². The van der Waals surface area contributed by atoms with Crippen LogP contribution in [0.15, 0.2) is 60.0 Å². The number of aryl methyl sites for hydroxylation is 1. The van der Waals surface area contributed by atoms with Crippen molar-refractivity contribution in [1.82, 2.24) is 13.9 Å². The van der Waals surface area contributed by atoms with E-state index in [0.717, 1.165) is 12.1 Å². The fourth-order valence-electron chi connectivity index (χ4n) is 3.86. The summed E-state index contributed by atoms with van der Waals surface area (Å²) in [4.78, 5) is 3.93. The van der Waals surface area contributed by atoms with Crippen molar-refractivity contribution in [1.29, 1.82) is 0 Å². The molecular formula is C21H19ClF4N4O2S.